The van der Waals surface area contributed by atoms with Crippen molar-refractivity contribution in [2.75, 3.05) is 23.7 Å². The fourth-order valence-electron chi connectivity index (χ4n) is 2.69. The van der Waals surface area contributed by atoms with Gasteiger partial charge in [0, 0.05) is 24.7 Å². The highest BCUT2D eigenvalue weighted by molar-refractivity contribution is 8.14. The number of aliphatic imine (C=N–C) groups is 1. The molecule has 0 unspecified atom stereocenters. The lowest BCUT2D eigenvalue weighted by Crippen LogP contribution is -2.26. The minimum absolute atomic E-state index is 0.338. The van der Waals surface area contributed by atoms with Gasteiger partial charge in [-0.1, -0.05) is 18.2 Å². The van der Waals surface area contributed by atoms with Crippen LogP contribution >= 0.6 is 23.1 Å². The standard InChI is InChI=1S/C16H15N3O2S3/c1-19(24(20,21)14-6-3-8-22-14)13-5-2-4-11-10-12(18-15(11)13)16-17-7-9-23-16/h2-6,8,10,18H,7,9H2,1H3. The summed E-state index contributed by atoms with van der Waals surface area (Å²) >= 11 is 2.94. The molecule has 0 aliphatic carbocycles. The molecule has 2 aromatic heterocycles. The van der Waals surface area contributed by atoms with Gasteiger partial charge in [0.2, 0.25) is 0 Å². The Labute approximate surface area is 148 Å². The Morgan fingerprint density at radius 2 is 2.12 bits per heavy atom. The van der Waals surface area contributed by atoms with Gasteiger partial charge in [0.15, 0.2) is 0 Å². The molecular formula is C16H15N3O2S3. The number of nitrogens with zero attached hydrogens (tertiary/aromatic N) is 2. The maximum atomic E-state index is 12.8. The number of sulfonamides is 1. The van der Waals surface area contributed by atoms with Crippen LogP contribution in [0.15, 0.2) is 51.0 Å². The molecule has 0 spiro atoms. The Bertz CT molecular complexity index is 1020. The smallest absolute Gasteiger partial charge is 0.273 e. The number of thiophene rings is 1. The van der Waals surface area contributed by atoms with Crippen LogP contribution in [0.1, 0.15) is 5.69 Å². The summed E-state index contributed by atoms with van der Waals surface area (Å²) < 4.78 is 27.3. The van der Waals surface area contributed by atoms with E-state index in [-0.39, 0.29) is 0 Å². The molecule has 1 aliphatic heterocycles. The van der Waals surface area contributed by atoms with E-state index in [1.54, 1.807) is 36.3 Å². The number of nitrogens with one attached hydrogen (secondary N) is 1. The average Bonchev–Trinajstić information content (AvgIpc) is 3.33. The number of hydrogen-bond acceptors (Lipinski definition) is 5. The van der Waals surface area contributed by atoms with Gasteiger partial charge in [0.1, 0.15) is 9.25 Å². The second kappa shape index (κ2) is 5.94. The highest BCUT2D eigenvalue weighted by Crippen LogP contribution is 2.32. The van der Waals surface area contributed by atoms with Gasteiger partial charge in [-0.15, -0.1) is 23.1 Å². The van der Waals surface area contributed by atoms with Crippen molar-refractivity contribution in [3.8, 4) is 0 Å². The molecule has 1 aromatic carbocycles. The van der Waals surface area contributed by atoms with Gasteiger partial charge in [-0.05, 0) is 23.6 Å². The van der Waals surface area contributed by atoms with Crippen LogP contribution in [-0.4, -0.2) is 37.8 Å². The molecule has 5 nitrogen and oxygen atoms in total. The number of para-hydroxylation sites is 1. The molecule has 24 heavy (non-hydrogen) atoms. The van der Waals surface area contributed by atoms with Gasteiger partial charge in [0.05, 0.1) is 16.9 Å². The summed E-state index contributed by atoms with van der Waals surface area (Å²) in [6, 6.07) is 11.1. The molecule has 0 saturated heterocycles. The van der Waals surface area contributed by atoms with E-state index in [0.717, 1.165) is 33.9 Å². The van der Waals surface area contributed by atoms with Crippen LogP contribution in [0.4, 0.5) is 5.69 Å². The summed E-state index contributed by atoms with van der Waals surface area (Å²) in [5.41, 5.74) is 2.39. The van der Waals surface area contributed by atoms with E-state index in [1.165, 1.54) is 15.6 Å². The number of H-pyrrole nitrogens is 1. The van der Waals surface area contributed by atoms with Crippen LogP contribution in [0.3, 0.4) is 0 Å². The van der Waals surface area contributed by atoms with Gasteiger partial charge < -0.3 is 4.98 Å². The molecule has 8 heteroatoms. The summed E-state index contributed by atoms with van der Waals surface area (Å²) in [6.45, 7) is 0.828. The molecule has 124 valence electrons. The van der Waals surface area contributed by atoms with Gasteiger partial charge in [-0.25, -0.2) is 8.42 Å². The molecule has 3 heterocycles. The lowest BCUT2D eigenvalue weighted by atomic mass is 10.2. The Hall–Kier alpha value is -1.77. The number of aromatic amines is 1. The number of fused-ring (bicyclic) bond motifs is 1. The predicted octanol–water partition coefficient (Wildman–Crippen LogP) is 3.55. The third-order valence-corrected chi connectivity index (χ3v) is 8.05. The van der Waals surface area contributed by atoms with Crippen LogP contribution in [0.2, 0.25) is 0 Å². The Morgan fingerprint density at radius 1 is 1.25 bits per heavy atom. The quantitative estimate of drug-likeness (QED) is 0.756. The predicted molar refractivity (Wildman–Crippen MR) is 102 cm³/mol. The van der Waals surface area contributed by atoms with Gasteiger partial charge >= 0.3 is 0 Å². The van der Waals surface area contributed by atoms with Crippen LogP contribution in [0.5, 0.6) is 0 Å². The number of anilines is 1. The summed E-state index contributed by atoms with van der Waals surface area (Å²) in [5, 5.41) is 3.73. The zero-order valence-electron chi connectivity index (χ0n) is 12.9. The summed E-state index contributed by atoms with van der Waals surface area (Å²) in [5.74, 6) is 0.990. The van der Waals surface area contributed by atoms with Gasteiger partial charge in [-0.2, -0.15) is 0 Å². The molecule has 1 N–H and O–H groups in total. The molecular weight excluding hydrogens is 362 g/mol. The average molecular weight is 378 g/mol. The summed E-state index contributed by atoms with van der Waals surface area (Å²) in [7, 11) is -1.96. The van der Waals surface area contributed by atoms with Crippen LogP contribution in [0, 0.1) is 0 Å². The molecule has 1 aliphatic rings. The molecule has 0 radical (unpaired) electrons. The normalized spacial score (nSPS) is 15.0. The first kappa shape index (κ1) is 15.7. The number of benzene rings is 1. The van der Waals surface area contributed by atoms with Gasteiger partial charge in [-0.3, -0.25) is 9.30 Å². The summed E-state index contributed by atoms with van der Waals surface area (Å²) in [6.07, 6.45) is 0. The van der Waals surface area contributed by atoms with Crippen LogP contribution in [-0.2, 0) is 10.0 Å². The third-order valence-electron chi connectivity index (χ3n) is 3.90. The van der Waals surface area contributed by atoms with Crippen molar-refractivity contribution in [3.05, 3.63) is 47.5 Å². The molecule has 0 amide bonds. The number of aromatic nitrogens is 1. The maximum absolute atomic E-state index is 12.8. The van der Waals surface area contributed by atoms with E-state index >= 15 is 0 Å². The second-order valence-corrected chi connectivity index (χ2v) is 9.59. The number of hydrogen-bond donors (Lipinski definition) is 1. The number of rotatable bonds is 4. The zero-order valence-corrected chi connectivity index (χ0v) is 15.3. The lowest BCUT2D eigenvalue weighted by molar-refractivity contribution is 0.596. The van der Waals surface area contributed by atoms with Crippen molar-refractivity contribution in [1.82, 2.24) is 4.98 Å². The van der Waals surface area contributed by atoms with E-state index in [4.69, 9.17) is 0 Å². The highest BCUT2D eigenvalue weighted by atomic mass is 32.2. The van der Waals surface area contributed by atoms with E-state index in [9.17, 15) is 8.42 Å². The second-order valence-electron chi connectivity index (χ2n) is 5.36. The molecule has 4 rings (SSSR count). The van der Waals surface area contributed by atoms with Crippen LogP contribution in [0.25, 0.3) is 10.9 Å². The molecule has 3 aromatic rings. The topological polar surface area (TPSA) is 65.5 Å². The van der Waals surface area contributed by atoms with E-state index in [1.807, 2.05) is 24.3 Å². The van der Waals surface area contributed by atoms with Crippen molar-refractivity contribution >= 4 is 54.8 Å². The first-order valence-electron chi connectivity index (χ1n) is 7.39. The van der Waals surface area contributed by atoms with Crippen molar-refractivity contribution < 1.29 is 8.42 Å². The summed E-state index contributed by atoms with van der Waals surface area (Å²) in [4.78, 5) is 7.83. The lowest BCUT2D eigenvalue weighted by Gasteiger charge is -2.19. The fourth-order valence-corrected chi connectivity index (χ4v) is 5.88. The minimum atomic E-state index is -3.55. The minimum Gasteiger partial charge on any atom is -0.351 e. The Balaban J connectivity index is 1.82. The fraction of sp³-hybridized carbons (Fsp3) is 0.188. The first-order valence-corrected chi connectivity index (χ1v) is 10.7. The van der Waals surface area contributed by atoms with Crippen molar-refractivity contribution in [2.45, 2.75) is 4.21 Å². The Kier molecular flexibility index (Phi) is 3.90. The van der Waals surface area contributed by atoms with Crippen molar-refractivity contribution in [3.63, 3.8) is 0 Å². The molecule has 0 atom stereocenters. The monoisotopic (exact) mass is 377 g/mol. The number of thioether (sulfide) groups is 1. The Morgan fingerprint density at radius 3 is 2.83 bits per heavy atom. The zero-order chi connectivity index (χ0) is 16.7. The van der Waals surface area contributed by atoms with Gasteiger partial charge in [0.25, 0.3) is 10.0 Å². The largest absolute Gasteiger partial charge is 0.351 e. The van der Waals surface area contributed by atoms with E-state index < -0.39 is 10.0 Å². The van der Waals surface area contributed by atoms with E-state index in [2.05, 4.69) is 9.98 Å². The third kappa shape index (κ3) is 2.54. The van der Waals surface area contributed by atoms with Crippen LogP contribution < -0.4 is 4.31 Å². The van der Waals surface area contributed by atoms with Crippen molar-refractivity contribution in [2.24, 2.45) is 4.99 Å². The molecule has 0 fully saturated rings. The highest BCUT2D eigenvalue weighted by Gasteiger charge is 2.24. The van der Waals surface area contributed by atoms with E-state index in [0.29, 0.717) is 9.90 Å². The van der Waals surface area contributed by atoms with Crippen molar-refractivity contribution in [1.29, 1.82) is 0 Å². The molecule has 0 bridgehead atoms. The maximum Gasteiger partial charge on any atom is 0.273 e. The first-order chi connectivity index (χ1) is 11.6. The molecule has 0 saturated carbocycles. The SMILES string of the molecule is CN(c1cccc2cc(C3=NCCS3)[nH]c12)S(=O)(=O)c1cccs1.